The van der Waals surface area contributed by atoms with Crippen LogP contribution in [0, 0.1) is 0 Å². The first-order valence-corrected chi connectivity index (χ1v) is 18.5. The molecule has 0 amide bonds. The fourth-order valence-corrected chi connectivity index (χ4v) is 8.79. The van der Waals surface area contributed by atoms with Crippen LogP contribution in [-0.4, -0.2) is 10.3 Å². The maximum atomic E-state index is 6.79. The largest absolute Gasteiger partial charge is 0.398 e. The van der Waals surface area contributed by atoms with E-state index in [1.807, 2.05) is 18.2 Å². The average Bonchev–Trinajstić information content (AvgIpc) is 3.72. The number of hydrogen-bond donors (Lipinski definition) is 1. The number of para-hydroxylation sites is 1. The molecule has 0 atom stereocenters. The van der Waals surface area contributed by atoms with Crippen molar-refractivity contribution in [2.75, 3.05) is 5.73 Å². The summed E-state index contributed by atoms with van der Waals surface area (Å²) in [6.45, 7) is 0.415. The van der Waals surface area contributed by atoms with Crippen molar-refractivity contribution in [2.45, 2.75) is 12.1 Å². The number of nitrogens with zero attached hydrogens (tertiary/aromatic N) is 2. The van der Waals surface area contributed by atoms with E-state index in [1.54, 1.807) is 0 Å². The summed E-state index contributed by atoms with van der Waals surface area (Å²) < 4.78 is 2.37. The zero-order valence-electron chi connectivity index (χ0n) is 29.7. The van der Waals surface area contributed by atoms with Crippen LogP contribution in [0.25, 0.3) is 44.1 Å². The normalized spacial score (nSPS) is 13.2. The van der Waals surface area contributed by atoms with Gasteiger partial charge in [0.15, 0.2) is 0 Å². The molecule has 3 heteroatoms. The van der Waals surface area contributed by atoms with Gasteiger partial charge in [0.05, 0.1) is 22.2 Å². The zero-order chi connectivity index (χ0) is 36.1. The van der Waals surface area contributed by atoms with Crippen molar-refractivity contribution in [3.63, 3.8) is 0 Å². The van der Waals surface area contributed by atoms with Gasteiger partial charge in [0.25, 0.3) is 0 Å². The number of benzene rings is 8. The van der Waals surface area contributed by atoms with Gasteiger partial charge in [-0.1, -0.05) is 176 Å². The zero-order valence-corrected chi connectivity index (χ0v) is 29.7. The molecule has 1 aliphatic rings. The lowest BCUT2D eigenvalue weighted by molar-refractivity contribution is 0.763. The molecule has 0 saturated carbocycles. The maximum absolute atomic E-state index is 6.79. The summed E-state index contributed by atoms with van der Waals surface area (Å²) in [6.07, 6.45) is 0. The Labute approximate surface area is 315 Å². The van der Waals surface area contributed by atoms with Gasteiger partial charge >= 0.3 is 0 Å². The Bertz CT molecular complexity index is 2800. The lowest BCUT2D eigenvalue weighted by Gasteiger charge is -2.34. The lowest BCUT2D eigenvalue weighted by atomic mass is 9.67. The lowest BCUT2D eigenvalue weighted by Crippen LogP contribution is -2.28. The number of hydrogen-bond acceptors (Lipinski definition) is 2. The van der Waals surface area contributed by atoms with Crippen LogP contribution in [0.3, 0.4) is 0 Å². The van der Waals surface area contributed by atoms with E-state index in [1.165, 1.54) is 44.2 Å². The van der Waals surface area contributed by atoms with Gasteiger partial charge in [0.2, 0.25) is 0 Å². The summed E-state index contributed by atoms with van der Waals surface area (Å²) in [7, 11) is 0. The van der Waals surface area contributed by atoms with E-state index in [0.717, 1.165) is 39.0 Å². The highest BCUT2D eigenvalue weighted by Crippen LogP contribution is 2.56. The van der Waals surface area contributed by atoms with Gasteiger partial charge < -0.3 is 10.3 Å². The van der Waals surface area contributed by atoms with Crippen LogP contribution in [0.4, 0.5) is 5.69 Å². The van der Waals surface area contributed by atoms with Crippen molar-refractivity contribution in [3.05, 3.63) is 234 Å². The van der Waals surface area contributed by atoms with Gasteiger partial charge in [0, 0.05) is 27.6 Å². The molecule has 0 radical (unpaired) electrons. The summed E-state index contributed by atoms with van der Waals surface area (Å²) in [5, 5.41) is 2.42. The van der Waals surface area contributed by atoms with E-state index in [9.17, 15) is 0 Å². The minimum Gasteiger partial charge on any atom is -0.398 e. The van der Waals surface area contributed by atoms with Gasteiger partial charge in [-0.2, -0.15) is 0 Å². The Morgan fingerprint density at radius 1 is 0.481 bits per heavy atom. The number of aliphatic imine (C=N–C) groups is 1. The summed E-state index contributed by atoms with van der Waals surface area (Å²) in [4.78, 5) is 5.48. The molecule has 1 aliphatic carbocycles. The molecule has 0 fully saturated rings. The van der Waals surface area contributed by atoms with Gasteiger partial charge in [-0.3, -0.25) is 4.99 Å². The standard InChI is InChI=1S/C51H37N3/c52-47-31-28-37(35-16-4-1-5-17-35)32-44(47)50(36-18-6-2-7-19-36)53-34-54-48-27-15-12-24-42(48)43-30-29-39(33-49(43)54)51(38-20-8-3-9-21-38)45-25-13-10-22-40(45)41-23-11-14-26-46(41)51/h1-33H,34,52H2. The van der Waals surface area contributed by atoms with Crippen molar-refractivity contribution in [1.29, 1.82) is 0 Å². The highest BCUT2D eigenvalue weighted by molar-refractivity contribution is 6.16. The molecular weight excluding hydrogens is 655 g/mol. The molecule has 10 rings (SSSR count). The second-order valence-corrected chi connectivity index (χ2v) is 14.1. The van der Waals surface area contributed by atoms with Crippen molar-refractivity contribution in [3.8, 4) is 22.3 Å². The number of anilines is 1. The molecule has 0 bridgehead atoms. The Morgan fingerprint density at radius 3 is 1.80 bits per heavy atom. The fraction of sp³-hybridized carbons (Fsp3) is 0.0392. The van der Waals surface area contributed by atoms with E-state index in [0.29, 0.717) is 12.4 Å². The van der Waals surface area contributed by atoms with Crippen LogP contribution < -0.4 is 5.73 Å². The van der Waals surface area contributed by atoms with Crippen LogP contribution >= 0.6 is 0 Å². The maximum Gasteiger partial charge on any atom is 0.115 e. The van der Waals surface area contributed by atoms with Crippen molar-refractivity contribution < 1.29 is 0 Å². The molecule has 0 spiro atoms. The Kier molecular flexibility index (Phi) is 7.59. The molecule has 54 heavy (non-hydrogen) atoms. The quantitative estimate of drug-likeness (QED) is 0.131. The third kappa shape index (κ3) is 4.93. The highest BCUT2D eigenvalue weighted by Gasteiger charge is 2.46. The molecule has 0 aliphatic heterocycles. The topological polar surface area (TPSA) is 43.3 Å². The smallest absolute Gasteiger partial charge is 0.115 e. The Hall–Kier alpha value is -6.97. The van der Waals surface area contributed by atoms with Gasteiger partial charge in [-0.05, 0) is 68.8 Å². The van der Waals surface area contributed by atoms with Crippen molar-refractivity contribution in [2.24, 2.45) is 4.99 Å². The number of fused-ring (bicyclic) bond motifs is 6. The van der Waals surface area contributed by atoms with E-state index >= 15 is 0 Å². The number of nitrogens with two attached hydrogens (primary N) is 1. The summed E-state index contributed by atoms with van der Waals surface area (Å²) in [5.41, 5.74) is 22.0. The van der Waals surface area contributed by atoms with Crippen molar-refractivity contribution >= 4 is 33.2 Å². The SMILES string of the molecule is Nc1ccc(-c2ccccc2)cc1C(=NCn1c2ccccc2c2ccc(C3(c4ccccc4)c4ccccc4-c4ccccc43)cc21)c1ccccc1. The predicted octanol–water partition coefficient (Wildman–Crippen LogP) is 11.9. The van der Waals surface area contributed by atoms with Crippen LogP contribution in [0.15, 0.2) is 205 Å². The fourth-order valence-electron chi connectivity index (χ4n) is 8.79. The molecule has 3 nitrogen and oxygen atoms in total. The van der Waals surface area contributed by atoms with E-state index < -0.39 is 5.41 Å². The molecule has 2 N–H and O–H groups in total. The monoisotopic (exact) mass is 691 g/mol. The highest BCUT2D eigenvalue weighted by atomic mass is 15.1. The van der Waals surface area contributed by atoms with E-state index in [-0.39, 0.29) is 0 Å². The number of aromatic nitrogens is 1. The Balaban J connectivity index is 1.20. The molecule has 256 valence electrons. The van der Waals surface area contributed by atoms with Crippen LogP contribution in [0.2, 0.25) is 0 Å². The summed E-state index contributed by atoms with van der Waals surface area (Å²) in [6, 6.07) is 71.7. The first-order chi connectivity index (χ1) is 26.7. The Morgan fingerprint density at radius 2 is 1.07 bits per heavy atom. The number of rotatable bonds is 7. The molecule has 8 aromatic carbocycles. The first kappa shape index (κ1) is 31.7. The van der Waals surface area contributed by atoms with Crippen molar-refractivity contribution in [1.82, 2.24) is 4.57 Å². The summed E-state index contributed by atoms with van der Waals surface area (Å²) >= 11 is 0. The third-order valence-electron chi connectivity index (χ3n) is 11.2. The van der Waals surface area contributed by atoms with Gasteiger partial charge in [-0.15, -0.1) is 0 Å². The average molecular weight is 692 g/mol. The second kappa shape index (κ2) is 12.9. The van der Waals surface area contributed by atoms with Gasteiger partial charge in [-0.25, -0.2) is 0 Å². The minimum atomic E-state index is -0.491. The minimum absolute atomic E-state index is 0.415. The van der Waals surface area contributed by atoms with Crippen LogP contribution in [0.5, 0.6) is 0 Å². The second-order valence-electron chi connectivity index (χ2n) is 14.1. The van der Waals surface area contributed by atoms with Crippen LogP contribution in [0.1, 0.15) is 33.4 Å². The molecule has 0 saturated heterocycles. The number of nitrogen functional groups attached to an aromatic ring is 1. The van der Waals surface area contributed by atoms with E-state index in [4.69, 9.17) is 10.7 Å². The molecule has 1 heterocycles. The summed E-state index contributed by atoms with van der Waals surface area (Å²) in [5.74, 6) is 0. The van der Waals surface area contributed by atoms with Crippen LogP contribution in [-0.2, 0) is 12.1 Å². The molecule has 1 aromatic heterocycles. The predicted molar refractivity (Wildman–Crippen MR) is 225 cm³/mol. The van der Waals surface area contributed by atoms with E-state index in [2.05, 4.69) is 187 Å². The third-order valence-corrected chi connectivity index (χ3v) is 11.2. The molecular formula is C51H37N3. The molecule has 0 unspecified atom stereocenters. The molecule has 9 aromatic rings. The first-order valence-electron chi connectivity index (χ1n) is 18.5. The van der Waals surface area contributed by atoms with Gasteiger partial charge in [0.1, 0.15) is 6.67 Å².